The Morgan fingerprint density at radius 3 is 1.83 bits per heavy atom. The molecule has 4 rings (SSSR count). The number of hydrogen-bond acceptors (Lipinski definition) is 8. The maximum atomic E-state index is 5.43. The van der Waals surface area contributed by atoms with Gasteiger partial charge < -0.3 is 19.3 Å². The maximum absolute atomic E-state index is 5.43. The number of hydrogen-bond donors (Lipinski definition) is 0. The van der Waals surface area contributed by atoms with Crippen molar-refractivity contribution in [3.05, 3.63) is 12.4 Å². The lowest BCUT2D eigenvalue weighted by molar-refractivity contribution is 0.121. The smallest absolute Gasteiger partial charge is 0.230 e. The Balaban J connectivity index is 1.71. The molecule has 2 aromatic heterocycles. The first-order chi connectivity index (χ1) is 11.8. The lowest BCUT2D eigenvalue weighted by Crippen LogP contribution is -2.40. The highest BCUT2D eigenvalue weighted by molar-refractivity contribution is 5.57. The van der Waals surface area contributed by atoms with E-state index in [0.717, 1.165) is 31.7 Å². The zero-order valence-electron chi connectivity index (χ0n) is 13.8. The summed E-state index contributed by atoms with van der Waals surface area (Å²) in [5.41, 5.74) is 0.893. The Morgan fingerprint density at radius 2 is 1.38 bits per heavy atom. The van der Waals surface area contributed by atoms with Gasteiger partial charge in [0.25, 0.3) is 0 Å². The molecule has 2 aliphatic rings. The summed E-state index contributed by atoms with van der Waals surface area (Å²) in [6, 6.07) is 0. The molecule has 2 saturated heterocycles. The molecule has 0 spiro atoms. The summed E-state index contributed by atoms with van der Waals surface area (Å²) in [5, 5.41) is 4.23. The van der Waals surface area contributed by atoms with Crippen LogP contribution in [0.5, 0.6) is 0 Å². The van der Waals surface area contributed by atoms with Crippen molar-refractivity contribution in [3.63, 3.8) is 0 Å². The van der Waals surface area contributed by atoms with Crippen molar-refractivity contribution < 1.29 is 9.47 Å². The van der Waals surface area contributed by atoms with E-state index >= 15 is 0 Å². The maximum Gasteiger partial charge on any atom is 0.230 e. The van der Waals surface area contributed by atoms with E-state index in [1.54, 1.807) is 10.9 Å². The van der Waals surface area contributed by atoms with Crippen LogP contribution >= 0.6 is 0 Å². The summed E-state index contributed by atoms with van der Waals surface area (Å²) in [4.78, 5) is 18.3. The van der Waals surface area contributed by atoms with E-state index < -0.39 is 0 Å². The molecular weight excluding hydrogens is 310 g/mol. The lowest BCUT2D eigenvalue weighted by Gasteiger charge is -2.30. The van der Waals surface area contributed by atoms with Crippen LogP contribution in [0.2, 0.25) is 0 Å². The molecule has 0 amide bonds. The average Bonchev–Trinajstić information content (AvgIpc) is 3.09. The first kappa shape index (κ1) is 15.3. The second-order valence-corrected chi connectivity index (χ2v) is 5.86. The van der Waals surface area contributed by atoms with Crippen LogP contribution in [0.25, 0.3) is 11.4 Å². The van der Waals surface area contributed by atoms with Gasteiger partial charge >= 0.3 is 0 Å². The fraction of sp³-hybridized carbons (Fsp3) is 0.600. The predicted octanol–water partition coefficient (Wildman–Crippen LogP) is -0.0547. The molecule has 0 atom stereocenters. The first-order valence-electron chi connectivity index (χ1n) is 8.20. The zero-order valence-corrected chi connectivity index (χ0v) is 13.8. The van der Waals surface area contributed by atoms with Crippen LogP contribution in [0, 0.1) is 0 Å². The molecule has 0 aromatic carbocycles. The van der Waals surface area contributed by atoms with E-state index in [1.807, 2.05) is 13.2 Å². The molecule has 0 saturated carbocycles. The quantitative estimate of drug-likeness (QED) is 0.774. The molecule has 0 aliphatic carbocycles. The highest BCUT2D eigenvalue weighted by atomic mass is 16.5. The van der Waals surface area contributed by atoms with Crippen molar-refractivity contribution in [2.45, 2.75) is 0 Å². The molecule has 0 bridgehead atoms. The van der Waals surface area contributed by atoms with Crippen LogP contribution in [0.15, 0.2) is 12.4 Å². The third-order valence-corrected chi connectivity index (χ3v) is 4.16. The van der Waals surface area contributed by atoms with Gasteiger partial charge in [0.15, 0.2) is 5.82 Å². The molecule has 0 N–H and O–H groups in total. The Morgan fingerprint density at radius 1 is 0.833 bits per heavy atom. The second-order valence-electron chi connectivity index (χ2n) is 5.86. The normalized spacial score (nSPS) is 18.9. The standard InChI is InChI=1S/C15H21N7O2/c1-20-11-12(10-16-20)13-17-14(21-2-6-23-7-3-21)19-15(18-13)22-4-8-24-9-5-22/h10-11H,2-9H2,1H3. The molecule has 0 radical (unpaired) electrons. The third kappa shape index (κ3) is 3.17. The minimum Gasteiger partial charge on any atom is -0.378 e. The molecule has 2 fully saturated rings. The van der Waals surface area contributed by atoms with Crippen molar-refractivity contribution >= 4 is 11.9 Å². The first-order valence-corrected chi connectivity index (χ1v) is 8.20. The van der Waals surface area contributed by atoms with Crippen molar-refractivity contribution in [2.24, 2.45) is 7.05 Å². The predicted molar refractivity (Wildman–Crippen MR) is 88.1 cm³/mol. The van der Waals surface area contributed by atoms with E-state index in [4.69, 9.17) is 14.5 Å². The fourth-order valence-electron chi connectivity index (χ4n) is 2.83. The van der Waals surface area contributed by atoms with Gasteiger partial charge in [0.1, 0.15) is 0 Å². The molecular formula is C15H21N7O2. The molecule has 128 valence electrons. The number of rotatable bonds is 3. The van der Waals surface area contributed by atoms with Gasteiger partial charge in [-0.25, -0.2) is 0 Å². The topological polar surface area (TPSA) is 81.4 Å². The number of anilines is 2. The van der Waals surface area contributed by atoms with Gasteiger partial charge in [-0.05, 0) is 0 Å². The van der Waals surface area contributed by atoms with Crippen LogP contribution in [0.4, 0.5) is 11.9 Å². The van der Waals surface area contributed by atoms with Gasteiger partial charge in [0.05, 0.1) is 38.2 Å². The Kier molecular flexibility index (Phi) is 4.26. The summed E-state index contributed by atoms with van der Waals surface area (Å²) < 4.78 is 12.6. The average molecular weight is 331 g/mol. The molecule has 0 unspecified atom stereocenters. The third-order valence-electron chi connectivity index (χ3n) is 4.16. The van der Waals surface area contributed by atoms with Gasteiger partial charge in [-0.15, -0.1) is 0 Å². The van der Waals surface area contributed by atoms with Crippen LogP contribution in [-0.4, -0.2) is 77.3 Å². The number of aryl methyl sites for hydroxylation is 1. The molecule has 9 heteroatoms. The summed E-state index contributed by atoms with van der Waals surface area (Å²) in [6.45, 7) is 5.94. The highest BCUT2D eigenvalue weighted by Gasteiger charge is 2.21. The number of ether oxygens (including phenoxy) is 2. The summed E-state index contributed by atoms with van der Waals surface area (Å²) >= 11 is 0. The van der Waals surface area contributed by atoms with E-state index in [0.29, 0.717) is 44.1 Å². The lowest BCUT2D eigenvalue weighted by atomic mass is 10.3. The monoisotopic (exact) mass is 331 g/mol. The van der Waals surface area contributed by atoms with Crippen LogP contribution in [-0.2, 0) is 16.5 Å². The van der Waals surface area contributed by atoms with Gasteiger partial charge in [0.2, 0.25) is 11.9 Å². The van der Waals surface area contributed by atoms with Gasteiger partial charge in [-0.3, -0.25) is 4.68 Å². The molecule has 24 heavy (non-hydrogen) atoms. The minimum atomic E-state index is 0.654. The molecule has 2 aromatic rings. The summed E-state index contributed by atoms with van der Waals surface area (Å²) in [7, 11) is 1.89. The Bertz CT molecular complexity index is 657. The van der Waals surface area contributed by atoms with Gasteiger partial charge in [-0.2, -0.15) is 20.1 Å². The second kappa shape index (κ2) is 6.70. The van der Waals surface area contributed by atoms with Crippen molar-refractivity contribution in [2.75, 3.05) is 62.4 Å². The molecule has 9 nitrogen and oxygen atoms in total. The summed E-state index contributed by atoms with van der Waals surface area (Å²) in [5.74, 6) is 2.06. The Hall–Kier alpha value is -2.26. The summed E-state index contributed by atoms with van der Waals surface area (Å²) in [6.07, 6.45) is 3.70. The minimum absolute atomic E-state index is 0.654. The van der Waals surface area contributed by atoms with E-state index in [-0.39, 0.29) is 0 Å². The van der Waals surface area contributed by atoms with Crippen molar-refractivity contribution in [3.8, 4) is 11.4 Å². The SMILES string of the molecule is Cn1cc(-c2nc(N3CCOCC3)nc(N3CCOCC3)n2)cn1. The molecule has 4 heterocycles. The van der Waals surface area contributed by atoms with E-state index in [2.05, 4.69) is 24.9 Å². The van der Waals surface area contributed by atoms with E-state index in [1.165, 1.54) is 0 Å². The number of nitrogens with zero attached hydrogens (tertiary/aromatic N) is 7. The fourth-order valence-corrected chi connectivity index (χ4v) is 2.83. The van der Waals surface area contributed by atoms with Crippen LogP contribution in [0.1, 0.15) is 0 Å². The highest BCUT2D eigenvalue weighted by Crippen LogP contribution is 2.22. The van der Waals surface area contributed by atoms with Gasteiger partial charge in [0, 0.05) is 39.4 Å². The molecule has 2 aliphatic heterocycles. The number of aromatic nitrogens is 5. The van der Waals surface area contributed by atoms with Crippen molar-refractivity contribution in [1.82, 2.24) is 24.7 Å². The van der Waals surface area contributed by atoms with Crippen LogP contribution < -0.4 is 9.80 Å². The Labute approximate surface area is 140 Å². The zero-order chi connectivity index (χ0) is 16.4. The van der Waals surface area contributed by atoms with Crippen molar-refractivity contribution in [1.29, 1.82) is 0 Å². The number of morpholine rings is 2. The van der Waals surface area contributed by atoms with Crippen LogP contribution in [0.3, 0.4) is 0 Å². The largest absolute Gasteiger partial charge is 0.378 e. The van der Waals surface area contributed by atoms with Gasteiger partial charge in [-0.1, -0.05) is 0 Å². The van der Waals surface area contributed by atoms with E-state index in [9.17, 15) is 0 Å².